The average Bonchev–Trinajstić information content (AvgIpc) is 2.18. The van der Waals surface area contributed by atoms with Crippen LogP contribution in [0.15, 0.2) is 0 Å². The predicted octanol–water partition coefficient (Wildman–Crippen LogP) is -0.851. The van der Waals surface area contributed by atoms with E-state index in [2.05, 4.69) is 12.6 Å². The molecule has 15 heavy (non-hydrogen) atoms. The summed E-state index contributed by atoms with van der Waals surface area (Å²) < 4.78 is 10.5. The summed E-state index contributed by atoms with van der Waals surface area (Å²) in [6.45, 7) is 3.89. The second-order valence-corrected chi connectivity index (χ2v) is 4.43. The topological polar surface area (TPSA) is 79.2 Å². The molecule has 0 unspecified atom stereocenters. The van der Waals surface area contributed by atoms with Crippen LogP contribution in [-0.4, -0.2) is 57.9 Å². The molecule has 5 atom stereocenters. The van der Waals surface area contributed by atoms with Gasteiger partial charge in [0.2, 0.25) is 0 Å². The predicted molar refractivity (Wildman–Crippen MR) is 56.8 cm³/mol. The molecule has 1 heterocycles. The van der Waals surface area contributed by atoms with Crippen LogP contribution in [0.25, 0.3) is 0 Å². The molecule has 1 aliphatic heterocycles. The highest BCUT2D eigenvalue weighted by atomic mass is 32.1. The zero-order valence-corrected chi connectivity index (χ0v) is 9.67. The monoisotopic (exact) mass is 238 g/mol. The maximum atomic E-state index is 9.59. The second-order valence-electron chi connectivity index (χ2n) is 3.92. The zero-order chi connectivity index (χ0) is 11.6. The number of rotatable bonds is 3. The molecule has 5 nitrogen and oxygen atoms in total. The van der Waals surface area contributed by atoms with Gasteiger partial charge in [0, 0.05) is 0 Å². The standard InChI is InChI=1S/C9H18O5S/c1-4(2)13-3-5-6(10)7(11)8(12)9(15)14-5/h4-12,15H,3H2,1-2H3/t5-,6+,7+,8-,9+/m1/s1. The Balaban J connectivity index is 2.51. The molecule has 1 fully saturated rings. The van der Waals surface area contributed by atoms with Gasteiger partial charge in [0.25, 0.3) is 0 Å². The normalized spacial score (nSPS) is 42.2. The van der Waals surface area contributed by atoms with Gasteiger partial charge in [-0.05, 0) is 13.8 Å². The molecule has 0 aromatic carbocycles. The van der Waals surface area contributed by atoms with Crippen LogP contribution in [0.1, 0.15) is 13.8 Å². The van der Waals surface area contributed by atoms with E-state index in [-0.39, 0.29) is 12.7 Å². The minimum absolute atomic E-state index is 0.0168. The summed E-state index contributed by atoms with van der Waals surface area (Å²) in [5.74, 6) is 0. The molecule has 0 aromatic heterocycles. The van der Waals surface area contributed by atoms with Gasteiger partial charge in [-0.25, -0.2) is 0 Å². The fraction of sp³-hybridized carbons (Fsp3) is 1.00. The summed E-state index contributed by atoms with van der Waals surface area (Å²) in [4.78, 5) is 0. The molecule has 0 amide bonds. The van der Waals surface area contributed by atoms with Crippen LogP contribution in [0.5, 0.6) is 0 Å². The van der Waals surface area contributed by atoms with Gasteiger partial charge in [-0.15, -0.1) is 12.6 Å². The van der Waals surface area contributed by atoms with Crippen molar-refractivity contribution >= 4 is 12.6 Å². The van der Waals surface area contributed by atoms with Crippen molar-refractivity contribution in [3.63, 3.8) is 0 Å². The lowest BCUT2D eigenvalue weighted by atomic mass is 10.0. The minimum atomic E-state index is -1.25. The minimum Gasteiger partial charge on any atom is -0.387 e. The largest absolute Gasteiger partial charge is 0.387 e. The van der Waals surface area contributed by atoms with E-state index in [1.165, 1.54) is 0 Å². The van der Waals surface area contributed by atoms with Crippen molar-refractivity contribution in [1.82, 2.24) is 0 Å². The molecule has 0 radical (unpaired) electrons. The van der Waals surface area contributed by atoms with E-state index in [0.717, 1.165) is 0 Å². The Morgan fingerprint density at radius 2 is 1.80 bits per heavy atom. The molecule has 1 rings (SSSR count). The summed E-state index contributed by atoms with van der Waals surface area (Å²) >= 11 is 3.96. The van der Waals surface area contributed by atoms with Crippen molar-refractivity contribution in [2.24, 2.45) is 0 Å². The smallest absolute Gasteiger partial charge is 0.129 e. The second kappa shape index (κ2) is 5.47. The van der Waals surface area contributed by atoms with Crippen LogP contribution < -0.4 is 0 Å². The number of thiol groups is 1. The van der Waals surface area contributed by atoms with Gasteiger partial charge < -0.3 is 24.8 Å². The number of ether oxygens (including phenoxy) is 2. The lowest BCUT2D eigenvalue weighted by Crippen LogP contribution is -2.57. The SMILES string of the molecule is CC(C)OC[C@H]1O[C@@H](S)[C@H](O)[C@@H](O)[C@H]1O. The van der Waals surface area contributed by atoms with Crippen molar-refractivity contribution in [2.75, 3.05) is 6.61 Å². The molecule has 0 aliphatic carbocycles. The molecule has 6 heteroatoms. The van der Waals surface area contributed by atoms with Crippen LogP contribution in [0.4, 0.5) is 0 Å². The van der Waals surface area contributed by atoms with Crippen molar-refractivity contribution in [2.45, 2.75) is 49.8 Å². The van der Waals surface area contributed by atoms with Gasteiger partial charge in [0.1, 0.15) is 29.9 Å². The quantitative estimate of drug-likeness (QED) is 0.482. The van der Waals surface area contributed by atoms with E-state index in [1.54, 1.807) is 0 Å². The van der Waals surface area contributed by atoms with Crippen LogP contribution in [0.3, 0.4) is 0 Å². The summed E-state index contributed by atoms with van der Waals surface area (Å²) in [6, 6.07) is 0. The Morgan fingerprint density at radius 1 is 1.20 bits per heavy atom. The Kier molecular flexibility index (Phi) is 4.82. The van der Waals surface area contributed by atoms with E-state index >= 15 is 0 Å². The first-order chi connectivity index (χ1) is 6.93. The molecule has 0 aromatic rings. The molecule has 3 N–H and O–H groups in total. The number of hydrogen-bond donors (Lipinski definition) is 4. The summed E-state index contributed by atoms with van der Waals surface area (Å²) in [6.07, 6.45) is -4.22. The molecule has 1 saturated heterocycles. The fourth-order valence-corrected chi connectivity index (χ4v) is 1.69. The van der Waals surface area contributed by atoms with E-state index in [1.807, 2.05) is 13.8 Å². The Labute approximate surface area is 94.4 Å². The molecule has 0 bridgehead atoms. The maximum Gasteiger partial charge on any atom is 0.129 e. The summed E-state index contributed by atoms with van der Waals surface area (Å²) in [5, 5.41) is 28.4. The van der Waals surface area contributed by atoms with Crippen molar-refractivity contribution in [1.29, 1.82) is 0 Å². The summed E-state index contributed by atoms with van der Waals surface area (Å²) in [5.41, 5.74) is -0.802. The first-order valence-corrected chi connectivity index (χ1v) is 5.44. The first kappa shape index (κ1) is 13.2. The Hall–Kier alpha value is 0.150. The van der Waals surface area contributed by atoms with Crippen molar-refractivity contribution < 1.29 is 24.8 Å². The van der Waals surface area contributed by atoms with Gasteiger partial charge in [0.15, 0.2) is 0 Å². The number of aliphatic hydroxyl groups is 3. The van der Waals surface area contributed by atoms with Crippen molar-refractivity contribution in [3.8, 4) is 0 Å². The molecular formula is C9H18O5S. The molecule has 0 spiro atoms. The highest BCUT2D eigenvalue weighted by Gasteiger charge is 2.42. The van der Waals surface area contributed by atoms with Gasteiger partial charge in [-0.1, -0.05) is 0 Å². The van der Waals surface area contributed by atoms with Crippen LogP contribution in [-0.2, 0) is 9.47 Å². The third-order valence-corrected chi connectivity index (χ3v) is 2.71. The van der Waals surface area contributed by atoms with Gasteiger partial charge in [-0.3, -0.25) is 0 Å². The Bertz CT molecular complexity index is 201. The first-order valence-electron chi connectivity index (χ1n) is 4.92. The zero-order valence-electron chi connectivity index (χ0n) is 8.78. The van der Waals surface area contributed by atoms with Crippen LogP contribution in [0.2, 0.25) is 0 Å². The van der Waals surface area contributed by atoms with Crippen LogP contribution >= 0.6 is 12.6 Å². The van der Waals surface area contributed by atoms with Crippen LogP contribution in [0, 0.1) is 0 Å². The maximum absolute atomic E-state index is 9.59. The lowest BCUT2D eigenvalue weighted by Gasteiger charge is -2.38. The highest BCUT2D eigenvalue weighted by Crippen LogP contribution is 2.23. The van der Waals surface area contributed by atoms with E-state index in [9.17, 15) is 15.3 Å². The third kappa shape index (κ3) is 3.30. The molecular weight excluding hydrogens is 220 g/mol. The van der Waals surface area contributed by atoms with Gasteiger partial charge in [-0.2, -0.15) is 0 Å². The van der Waals surface area contributed by atoms with E-state index in [4.69, 9.17) is 9.47 Å². The molecule has 0 saturated carbocycles. The molecule has 1 aliphatic rings. The fourth-order valence-electron chi connectivity index (χ4n) is 1.36. The Morgan fingerprint density at radius 3 is 2.33 bits per heavy atom. The highest BCUT2D eigenvalue weighted by molar-refractivity contribution is 7.80. The lowest BCUT2D eigenvalue weighted by molar-refractivity contribution is -0.211. The van der Waals surface area contributed by atoms with Gasteiger partial charge in [0.05, 0.1) is 12.7 Å². The van der Waals surface area contributed by atoms with E-state index in [0.29, 0.717) is 0 Å². The van der Waals surface area contributed by atoms with E-state index < -0.39 is 29.9 Å². The summed E-state index contributed by atoms with van der Waals surface area (Å²) in [7, 11) is 0. The number of aliphatic hydroxyl groups excluding tert-OH is 3. The average molecular weight is 238 g/mol. The number of hydrogen-bond acceptors (Lipinski definition) is 6. The third-order valence-electron chi connectivity index (χ3n) is 2.28. The molecule has 90 valence electrons. The van der Waals surface area contributed by atoms with Crippen molar-refractivity contribution in [3.05, 3.63) is 0 Å². The van der Waals surface area contributed by atoms with Gasteiger partial charge >= 0.3 is 0 Å².